The van der Waals surface area contributed by atoms with E-state index in [0.717, 1.165) is 23.4 Å². The molecule has 6 heteroatoms. The zero-order valence-electron chi connectivity index (χ0n) is 16.2. The summed E-state index contributed by atoms with van der Waals surface area (Å²) in [6.45, 7) is 0.681. The Morgan fingerprint density at radius 1 is 1.10 bits per heavy atom. The Kier molecular flexibility index (Phi) is 5.51. The smallest absolute Gasteiger partial charge is 0.222 e. The van der Waals surface area contributed by atoms with Crippen molar-refractivity contribution in [3.05, 3.63) is 82.9 Å². The second kappa shape index (κ2) is 8.39. The summed E-state index contributed by atoms with van der Waals surface area (Å²) >= 11 is 0. The van der Waals surface area contributed by atoms with Gasteiger partial charge in [0.15, 0.2) is 5.78 Å². The van der Waals surface area contributed by atoms with Crippen molar-refractivity contribution in [1.82, 2.24) is 9.97 Å². The van der Waals surface area contributed by atoms with E-state index in [1.165, 1.54) is 17.7 Å². The van der Waals surface area contributed by atoms with Gasteiger partial charge in [0.2, 0.25) is 5.95 Å². The molecule has 1 aliphatic carbocycles. The van der Waals surface area contributed by atoms with Crippen LogP contribution in [0.25, 0.3) is 0 Å². The fraction of sp³-hybridized carbons (Fsp3) is 0.261. The Morgan fingerprint density at radius 2 is 1.86 bits per heavy atom. The second-order valence-electron chi connectivity index (χ2n) is 7.16. The molecule has 0 spiro atoms. The molecule has 1 atom stereocenters. The van der Waals surface area contributed by atoms with E-state index in [9.17, 15) is 9.18 Å². The van der Waals surface area contributed by atoms with Gasteiger partial charge in [0, 0.05) is 19.2 Å². The number of halogens is 1. The normalized spacial score (nSPS) is 15.7. The second-order valence-corrected chi connectivity index (χ2v) is 7.16. The highest BCUT2D eigenvalue weighted by molar-refractivity contribution is 5.98. The zero-order valence-corrected chi connectivity index (χ0v) is 16.2. The number of carbonyl (C=O) groups excluding carboxylic acids is 1. The van der Waals surface area contributed by atoms with Gasteiger partial charge in [-0.2, -0.15) is 0 Å². The number of aromatic nitrogens is 2. The summed E-state index contributed by atoms with van der Waals surface area (Å²) in [5.74, 6) is 1.12. The van der Waals surface area contributed by atoms with Gasteiger partial charge in [-0.3, -0.25) is 4.79 Å². The van der Waals surface area contributed by atoms with Crippen LogP contribution < -0.4 is 10.1 Å². The number of hydrogen-bond donors (Lipinski definition) is 1. The molecule has 0 saturated heterocycles. The summed E-state index contributed by atoms with van der Waals surface area (Å²) < 4.78 is 18.4. The van der Waals surface area contributed by atoms with Crippen LogP contribution in [0.5, 0.6) is 5.75 Å². The van der Waals surface area contributed by atoms with Crippen molar-refractivity contribution >= 4 is 11.7 Å². The molecule has 1 N–H and O–H groups in total. The standard InChI is InChI=1S/C23H22FN3O2/c1-29-19-8-2-15(3-9-19)10-11-25-23-26-14-20-21(27-23)12-17(13-22(20)28)16-4-6-18(24)7-5-16/h2-9,14,17H,10-13H2,1H3,(H,25,26,27)/t17-/m0/s1. The monoisotopic (exact) mass is 391 g/mol. The molecule has 148 valence electrons. The van der Waals surface area contributed by atoms with Gasteiger partial charge in [0.05, 0.1) is 18.4 Å². The van der Waals surface area contributed by atoms with Gasteiger partial charge in [-0.1, -0.05) is 24.3 Å². The van der Waals surface area contributed by atoms with E-state index in [1.807, 2.05) is 24.3 Å². The average Bonchev–Trinajstić information content (AvgIpc) is 2.74. The Morgan fingerprint density at radius 3 is 2.59 bits per heavy atom. The minimum Gasteiger partial charge on any atom is -0.497 e. The van der Waals surface area contributed by atoms with Crippen LogP contribution >= 0.6 is 0 Å². The van der Waals surface area contributed by atoms with E-state index < -0.39 is 0 Å². The van der Waals surface area contributed by atoms with Crippen LogP contribution in [0.2, 0.25) is 0 Å². The van der Waals surface area contributed by atoms with E-state index in [0.29, 0.717) is 30.9 Å². The summed E-state index contributed by atoms with van der Waals surface area (Å²) in [6, 6.07) is 14.3. The number of nitrogens with one attached hydrogen (secondary N) is 1. The van der Waals surface area contributed by atoms with Crippen molar-refractivity contribution in [2.45, 2.75) is 25.2 Å². The number of carbonyl (C=O) groups is 1. The molecule has 0 saturated carbocycles. The van der Waals surface area contributed by atoms with E-state index in [2.05, 4.69) is 15.3 Å². The SMILES string of the molecule is COc1ccc(CCNc2ncc3c(n2)C[C@H](c2ccc(F)cc2)CC3=O)cc1. The molecular formula is C23H22FN3O2. The van der Waals surface area contributed by atoms with Crippen LogP contribution in [0.3, 0.4) is 0 Å². The van der Waals surface area contributed by atoms with Crippen LogP contribution in [0.15, 0.2) is 54.7 Å². The molecule has 1 aliphatic rings. The molecule has 1 aromatic heterocycles. The molecule has 0 unspecified atom stereocenters. The summed E-state index contributed by atoms with van der Waals surface area (Å²) in [7, 11) is 1.65. The summed E-state index contributed by atoms with van der Waals surface area (Å²) in [5, 5.41) is 3.23. The number of fused-ring (bicyclic) bond motifs is 1. The molecule has 0 fully saturated rings. The third-order valence-corrected chi connectivity index (χ3v) is 5.24. The van der Waals surface area contributed by atoms with Crippen molar-refractivity contribution in [2.24, 2.45) is 0 Å². The first-order valence-electron chi connectivity index (χ1n) is 9.64. The minimum atomic E-state index is -0.276. The van der Waals surface area contributed by atoms with E-state index in [1.54, 1.807) is 25.4 Å². The van der Waals surface area contributed by atoms with Crippen LogP contribution in [0, 0.1) is 5.82 Å². The highest BCUT2D eigenvalue weighted by Crippen LogP contribution is 2.32. The number of rotatable bonds is 6. The molecule has 0 bridgehead atoms. The molecule has 0 radical (unpaired) electrons. The quantitative estimate of drug-likeness (QED) is 0.683. The molecule has 2 aromatic carbocycles. The largest absolute Gasteiger partial charge is 0.497 e. The molecule has 3 aromatic rings. The fourth-order valence-corrected chi connectivity index (χ4v) is 3.61. The molecule has 1 heterocycles. The van der Waals surface area contributed by atoms with Crippen LogP contribution in [0.1, 0.15) is 39.5 Å². The average molecular weight is 391 g/mol. The Labute approximate surface area is 169 Å². The van der Waals surface area contributed by atoms with Gasteiger partial charge < -0.3 is 10.1 Å². The lowest BCUT2D eigenvalue weighted by Crippen LogP contribution is -2.21. The van der Waals surface area contributed by atoms with Gasteiger partial charge in [-0.25, -0.2) is 14.4 Å². The predicted molar refractivity (Wildman–Crippen MR) is 109 cm³/mol. The van der Waals surface area contributed by atoms with Crippen molar-refractivity contribution in [2.75, 3.05) is 19.0 Å². The lowest BCUT2D eigenvalue weighted by Gasteiger charge is -2.23. The first-order valence-corrected chi connectivity index (χ1v) is 9.64. The van der Waals surface area contributed by atoms with Gasteiger partial charge >= 0.3 is 0 Å². The number of anilines is 1. The lowest BCUT2D eigenvalue weighted by molar-refractivity contribution is 0.0962. The molecule has 5 nitrogen and oxygen atoms in total. The summed E-state index contributed by atoms with van der Waals surface area (Å²) in [6.07, 6.45) is 3.47. The minimum absolute atomic E-state index is 0.0117. The van der Waals surface area contributed by atoms with Crippen molar-refractivity contribution < 1.29 is 13.9 Å². The summed E-state index contributed by atoms with van der Waals surface area (Å²) in [4.78, 5) is 21.4. The first kappa shape index (κ1) is 19.1. The van der Waals surface area contributed by atoms with Gasteiger partial charge in [-0.15, -0.1) is 0 Å². The Bertz CT molecular complexity index is 1000. The number of benzene rings is 2. The first-order chi connectivity index (χ1) is 14.1. The van der Waals surface area contributed by atoms with E-state index >= 15 is 0 Å². The van der Waals surface area contributed by atoms with Crippen molar-refractivity contribution in [1.29, 1.82) is 0 Å². The van der Waals surface area contributed by atoms with Gasteiger partial charge in [0.25, 0.3) is 0 Å². The molecule has 0 aliphatic heterocycles. The Balaban J connectivity index is 1.42. The number of ketones is 1. The number of nitrogens with zero attached hydrogens (tertiary/aromatic N) is 2. The molecule has 4 rings (SSSR count). The van der Waals surface area contributed by atoms with Crippen LogP contribution in [0.4, 0.5) is 10.3 Å². The zero-order chi connectivity index (χ0) is 20.2. The fourth-order valence-electron chi connectivity index (χ4n) is 3.61. The van der Waals surface area contributed by atoms with E-state index in [-0.39, 0.29) is 17.5 Å². The number of methoxy groups -OCH3 is 1. The third-order valence-electron chi connectivity index (χ3n) is 5.24. The molecular weight excluding hydrogens is 369 g/mol. The maximum absolute atomic E-state index is 13.2. The lowest BCUT2D eigenvalue weighted by atomic mass is 9.82. The van der Waals surface area contributed by atoms with Crippen LogP contribution in [-0.2, 0) is 12.8 Å². The number of hydrogen-bond acceptors (Lipinski definition) is 5. The number of ether oxygens (including phenoxy) is 1. The maximum atomic E-state index is 13.2. The number of Topliss-reactive ketones (excluding diaryl/α,β-unsaturated/α-hetero) is 1. The van der Waals surface area contributed by atoms with Crippen LogP contribution in [-0.4, -0.2) is 29.4 Å². The van der Waals surface area contributed by atoms with Crippen molar-refractivity contribution in [3.8, 4) is 5.75 Å². The Hall–Kier alpha value is -3.28. The molecule has 29 heavy (non-hydrogen) atoms. The highest BCUT2D eigenvalue weighted by atomic mass is 19.1. The topological polar surface area (TPSA) is 64.1 Å². The van der Waals surface area contributed by atoms with Gasteiger partial charge in [-0.05, 0) is 54.2 Å². The highest BCUT2D eigenvalue weighted by Gasteiger charge is 2.28. The molecule has 0 amide bonds. The third kappa shape index (κ3) is 4.42. The maximum Gasteiger partial charge on any atom is 0.222 e. The summed E-state index contributed by atoms with van der Waals surface area (Å²) in [5.41, 5.74) is 3.47. The van der Waals surface area contributed by atoms with E-state index in [4.69, 9.17) is 4.74 Å². The van der Waals surface area contributed by atoms with Crippen molar-refractivity contribution in [3.63, 3.8) is 0 Å². The van der Waals surface area contributed by atoms with Gasteiger partial charge in [0.1, 0.15) is 11.6 Å². The predicted octanol–water partition coefficient (Wildman–Crippen LogP) is 4.19.